The van der Waals surface area contributed by atoms with E-state index in [0.717, 1.165) is 25.8 Å². The SMILES string of the molecule is CCNC1(C#N)CCC(N(C)C(C)CC)C1. The summed E-state index contributed by atoms with van der Waals surface area (Å²) >= 11 is 0. The average Bonchev–Trinajstić information content (AvgIpc) is 2.72. The van der Waals surface area contributed by atoms with E-state index in [1.165, 1.54) is 6.42 Å². The van der Waals surface area contributed by atoms with E-state index in [1.54, 1.807) is 0 Å². The van der Waals surface area contributed by atoms with E-state index in [2.05, 4.69) is 44.1 Å². The van der Waals surface area contributed by atoms with Crippen molar-refractivity contribution in [1.29, 1.82) is 5.26 Å². The molecule has 3 atom stereocenters. The van der Waals surface area contributed by atoms with Crippen LogP contribution in [0.4, 0.5) is 0 Å². The highest BCUT2D eigenvalue weighted by Gasteiger charge is 2.40. The van der Waals surface area contributed by atoms with Crippen LogP contribution in [0.2, 0.25) is 0 Å². The van der Waals surface area contributed by atoms with E-state index in [9.17, 15) is 5.26 Å². The molecule has 1 rings (SSSR count). The van der Waals surface area contributed by atoms with Gasteiger partial charge >= 0.3 is 0 Å². The molecule has 1 N–H and O–H groups in total. The second-order valence-electron chi connectivity index (χ2n) is 5.04. The van der Waals surface area contributed by atoms with Gasteiger partial charge in [-0.3, -0.25) is 5.32 Å². The zero-order chi connectivity index (χ0) is 12.2. The Hall–Kier alpha value is -0.590. The molecule has 1 aliphatic rings. The maximum Gasteiger partial charge on any atom is 0.108 e. The maximum atomic E-state index is 9.31. The minimum absolute atomic E-state index is 0.263. The molecule has 0 spiro atoms. The molecule has 0 aromatic heterocycles. The second-order valence-corrected chi connectivity index (χ2v) is 5.04. The third-order valence-electron chi connectivity index (χ3n) is 4.08. The van der Waals surface area contributed by atoms with E-state index < -0.39 is 0 Å². The molecule has 1 fully saturated rings. The fourth-order valence-electron chi connectivity index (χ4n) is 2.65. The van der Waals surface area contributed by atoms with Gasteiger partial charge in [0.25, 0.3) is 0 Å². The molecule has 1 saturated carbocycles. The standard InChI is InChI=1S/C13H25N3/c1-5-11(3)16(4)12-7-8-13(9-12,10-14)15-6-2/h11-12,15H,5-9H2,1-4H3. The number of hydrogen-bond donors (Lipinski definition) is 1. The van der Waals surface area contributed by atoms with E-state index >= 15 is 0 Å². The lowest BCUT2D eigenvalue weighted by molar-refractivity contribution is 0.176. The van der Waals surface area contributed by atoms with Crippen molar-refractivity contribution in [3.63, 3.8) is 0 Å². The number of rotatable bonds is 5. The molecule has 0 saturated heterocycles. The summed E-state index contributed by atoms with van der Waals surface area (Å²) in [6.07, 6.45) is 4.27. The molecule has 3 unspecified atom stereocenters. The summed E-state index contributed by atoms with van der Waals surface area (Å²) in [4.78, 5) is 2.44. The van der Waals surface area contributed by atoms with Crippen molar-refractivity contribution in [3.8, 4) is 6.07 Å². The lowest BCUT2D eigenvalue weighted by atomic mass is 9.99. The first-order chi connectivity index (χ1) is 7.58. The highest BCUT2D eigenvalue weighted by molar-refractivity contribution is 5.13. The first-order valence-electron chi connectivity index (χ1n) is 6.46. The van der Waals surface area contributed by atoms with E-state index in [-0.39, 0.29) is 5.54 Å². The Morgan fingerprint density at radius 2 is 2.25 bits per heavy atom. The van der Waals surface area contributed by atoms with Crippen LogP contribution >= 0.6 is 0 Å². The number of nitriles is 1. The summed E-state index contributed by atoms with van der Waals surface area (Å²) in [6.45, 7) is 7.44. The van der Waals surface area contributed by atoms with Crippen molar-refractivity contribution in [2.24, 2.45) is 0 Å². The highest BCUT2D eigenvalue weighted by atomic mass is 15.2. The molecular weight excluding hydrogens is 198 g/mol. The van der Waals surface area contributed by atoms with Gasteiger partial charge < -0.3 is 4.90 Å². The molecule has 0 amide bonds. The predicted molar refractivity (Wildman–Crippen MR) is 67.2 cm³/mol. The zero-order valence-corrected chi connectivity index (χ0v) is 11.1. The predicted octanol–water partition coefficient (Wildman–Crippen LogP) is 2.14. The van der Waals surface area contributed by atoms with Gasteiger partial charge in [-0.1, -0.05) is 13.8 Å². The molecule has 16 heavy (non-hydrogen) atoms. The number of nitrogens with zero attached hydrogens (tertiary/aromatic N) is 2. The molecule has 0 bridgehead atoms. The van der Waals surface area contributed by atoms with Crippen LogP contribution in [0.15, 0.2) is 0 Å². The minimum Gasteiger partial charge on any atom is -0.301 e. The third kappa shape index (κ3) is 2.75. The van der Waals surface area contributed by atoms with Crippen molar-refractivity contribution in [3.05, 3.63) is 0 Å². The molecule has 0 heterocycles. The fraction of sp³-hybridized carbons (Fsp3) is 0.923. The first-order valence-corrected chi connectivity index (χ1v) is 6.46. The zero-order valence-electron chi connectivity index (χ0n) is 11.1. The second kappa shape index (κ2) is 5.65. The fourth-order valence-corrected chi connectivity index (χ4v) is 2.65. The van der Waals surface area contributed by atoms with Gasteiger partial charge in [0.2, 0.25) is 0 Å². The van der Waals surface area contributed by atoms with Gasteiger partial charge in [-0.15, -0.1) is 0 Å². The van der Waals surface area contributed by atoms with Crippen molar-refractivity contribution < 1.29 is 0 Å². The summed E-state index contributed by atoms with van der Waals surface area (Å²) in [5, 5.41) is 12.7. The van der Waals surface area contributed by atoms with Crippen molar-refractivity contribution >= 4 is 0 Å². The normalized spacial score (nSPS) is 31.6. The Morgan fingerprint density at radius 1 is 1.56 bits per heavy atom. The van der Waals surface area contributed by atoms with Gasteiger partial charge in [0.1, 0.15) is 5.54 Å². The molecule has 3 heteroatoms. The van der Waals surface area contributed by atoms with E-state index in [1.807, 2.05) is 0 Å². The van der Waals surface area contributed by atoms with Crippen LogP contribution in [-0.2, 0) is 0 Å². The van der Waals surface area contributed by atoms with Crippen LogP contribution in [0, 0.1) is 11.3 Å². The molecule has 92 valence electrons. The molecule has 1 aliphatic carbocycles. The largest absolute Gasteiger partial charge is 0.301 e. The third-order valence-corrected chi connectivity index (χ3v) is 4.08. The van der Waals surface area contributed by atoms with Gasteiger partial charge in [-0.25, -0.2) is 0 Å². The monoisotopic (exact) mass is 223 g/mol. The summed E-state index contributed by atoms with van der Waals surface area (Å²) in [5.74, 6) is 0. The van der Waals surface area contributed by atoms with Gasteiger partial charge in [-0.05, 0) is 46.2 Å². The highest BCUT2D eigenvalue weighted by Crippen LogP contribution is 2.33. The summed E-state index contributed by atoms with van der Waals surface area (Å²) < 4.78 is 0. The minimum atomic E-state index is -0.263. The lowest BCUT2D eigenvalue weighted by Crippen LogP contribution is -2.44. The quantitative estimate of drug-likeness (QED) is 0.776. The van der Waals surface area contributed by atoms with Crippen LogP contribution in [0.1, 0.15) is 46.5 Å². The number of hydrogen-bond acceptors (Lipinski definition) is 3. The van der Waals surface area contributed by atoms with Crippen LogP contribution in [0.25, 0.3) is 0 Å². The van der Waals surface area contributed by atoms with Crippen molar-refractivity contribution in [1.82, 2.24) is 10.2 Å². The van der Waals surface area contributed by atoms with Crippen molar-refractivity contribution in [2.45, 2.75) is 64.1 Å². The first kappa shape index (κ1) is 13.5. The summed E-state index contributed by atoms with van der Waals surface area (Å²) in [5.41, 5.74) is -0.263. The topological polar surface area (TPSA) is 39.1 Å². The maximum absolute atomic E-state index is 9.31. The van der Waals surface area contributed by atoms with Crippen LogP contribution in [0.3, 0.4) is 0 Å². The molecule has 3 nitrogen and oxygen atoms in total. The lowest BCUT2D eigenvalue weighted by Gasteiger charge is -2.31. The Kier molecular flexibility index (Phi) is 4.76. The smallest absolute Gasteiger partial charge is 0.108 e. The summed E-state index contributed by atoms with van der Waals surface area (Å²) in [6, 6.07) is 3.66. The molecule has 0 radical (unpaired) electrons. The average molecular weight is 223 g/mol. The number of nitrogens with one attached hydrogen (secondary N) is 1. The molecular formula is C13H25N3. The van der Waals surface area contributed by atoms with Crippen molar-refractivity contribution in [2.75, 3.05) is 13.6 Å². The van der Waals surface area contributed by atoms with E-state index in [4.69, 9.17) is 0 Å². The molecule has 0 aromatic carbocycles. The van der Waals surface area contributed by atoms with E-state index in [0.29, 0.717) is 12.1 Å². The summed E-state index contributed by atoms with van der Waals surface area (Å²) in [7, 11) is 2.19. The van der Waals surface area contributed by atoms with Gasteiger partial charge in [0, 0.05) is 12.1 Å². The molecule has 0 aliphatic heterocycles. The Balaban J connectivity index is 2.60. The van der Waals surface area contributed by atoms with Gasteiger partial charge in [0.15, 0.2) is 0 Å². The van der Waals surface area contributed by atoms with Crippen LogP contribution < -0.4 is 5.32 Å². The molecule has 0 aromatic rings. The Bertz CT molecular complexity index is 258. The Labute approximate surface area is 99.8 Å². The van der Waals surface area contributed by atoms with Gasteiger partial charge in [-0.2, -0.15) is 5.26 Å². The van der Waals surface area contributed by atoms with Gasteiger partial charge in [0.05, 0.1) is 6.07 Å². The van der Waals surface area contributed by atoms with Crippen LogP contribution in [0.5, 0.6) is 0 Å². The van der Waals surface area contributed by atoms with Crippen LogP contribution in [-0.4, -0.2) is 36.1 Å². The Morgan fingerprint density at radius 3 is 2.75 bits per heavy atom.